The van der Waals surface area contributed by atoms with Crippen LogP contribution in [0.3, 0.4) is 0 Å². The van der Waals surface area contributed by atoms with Crippen LogP contribution >= 0.6 is 0 Å². The fourth-order valence-corrected chi connectivity index (χ4v) is 4.55. The number of carbonyl (C=O) groups is 1. The van der Waals surface area contributed by atoms with Crippen molar-refractivity contribution in [1.82, 2.24) is 10.2 Å². The van der Waals surface area contributed by atoms with Gasteiger partial charge in [-0.2, -0.15) is 13.2 Å². The van der Waals surface area contributed by atoms with E-state index in [1.54, 1.807) is 0 Å². The summed E-state index contributed by atoms with van der Waals surface area (Å²) in [6.07, 6.45) is -7.31. The standard InChI is InChI=1S/C15H21F3N6O5/c16-15(17,18)12(2-1-3-12)9(26)29-7-4-24-11(20)21-6(5-25)8-13(24,14(7,27)28)23-10(19)22-8/h6-8,25,27-28H,1-5H2,(H2,20,21)(H3,19,22,23)/t6-,7-,8?,13-/m0/s1. The Kier molecular flexibility index (Phi) is 4.03. The van der Waals surface area contributed by atoms with E-state index >= 15 is 0 Å². The molecule has 8 N–H and O–H groups in total. The number of carbonyl (C=O) groups excluding carboxylic acids is 1. The minimum Gasteiger partial charge on any atom is -0.454 e. The molecule has 1 unspecified atom stereocenters. The summed E-state index contributed by atoms with van der Waals surface area (Å²) in [7, 11) is 0. The minimum atomic E-state index is -4.83. The summed E-state index contributed by atoms with van der Waals surface area (Å²) >= 11 is 0. The van der Waals surface area contributed by atoms with E-state index < -0.39 is 73.2 Å². The number of aliphatic hydroxyl groups excluding tert-OH is 1. The third-order valence-electron chi connectivity index (χ3n) is 6.32. The number of nitrogens with two attached hydrogens (primary N) is 2. The van der Waals surface area contributed by atoms with Crippen molar-refractivity contribution >= 4 is 17.9 Å². The van der Waals surface area contributed by atoms with E-state index in [0.29, 0.717) is 0 Å². The average Bonchev–Trinajstić information content (AvgIpc) is 3.01. The monoisotopic (exact) mass is 422 g/mol. The van der Waals surface area contributed by atoms with Crippen LogP contribution in [0.5, 0.6) is 0 Å². The third kappa shape index (κ3) is 2.33. The first-order valence-corrected chi connectivity index (χ1v) is 8.96. The van der Waals surface area contributed by atoms with E-state index in [-0.39, 0.29) is 18.3 Å². The van der Waals surface area contributed by atoms with Crippen molar-refractivity contribution < 1.29 is 38.0 Å². The Morgan fingerprint density at radius 1 is 1.31 bits per heavy atom. The lowest BCUT2D eigenvalue weighted by Gasteiger charge is -2.48. The van der Waals surface area contributed by atoms with Gasteiger partial charge >= 0.3 is 12.1 Å². The Balaban J connectivity index is 1.68. The second kappa shape index (κ2) is 5.86. The second-order valence-corrected chi connectivity index (χ2v) is 7.75. The lowest BCUT2D eigenvalue weighted by atomic mass is 9.68. The lowest BCUT2D eigenvalue weighted by molar-refractivity contribution is -0.283. The third-order valence-corrected chi connectivity index (χ3v) is 6.32. The van der Waals surface area contributed by atoms with Gasteiger partial charge in [-0.1, -0.05) is 6.42 Å². The SMILES string of the molecule is NC1=NC2[C@H](CO)N=C(N)N3C[C@H](OC(=O)C4(C(F)(F)F)CCC4)C(O)(O)[C@]23N1. The quantitative estimate of drug-likeness (QED) is 0.208. The molecule has 4 atom stereocenters. The second-order valence-electron chi connectivity index (χ2n) is 7.75. The largest absolute Gasteiger partial charge is 0.454 e. The van der Waals surface area contributed by atoms with Crippen molar-refractivity contribution in [3.05, 3.63) is 0 Å². The van der Waals surface area contributed by atoms with E-state index in [9.17, 15) is 33.3 Å². The molecule has 162 valence electrons. The zero-order chi connectivity index (χ0) is 21.4. The highest BCUT2D eigenvalue weighted by molar-refractivity contribution is 5.87. The highest BCUT2D eigenvalue weighted by Gasteiger charge is 2.75. The zero-order valence-corrected chi connectivity index (χ0v) is 15.1. The maximum absolute atomic E-state index is 13.4. The summed E-state index contributed by atoms with van der Waals surface area (Å²) in [5, 5.41) is 34.0. The fraction of sp³-hybridized carbons (Fsp3) is 0.800. The first kappa shape index (κ1) is 20.0. The molecule has 0 amide bonds. The van der Waals surface area contributed by atoms with Gasteiger partial charge in [-0.3, -0.25) is 4.79 Å². The zero-order valence-electron chi connectivity index (χ0n) is 15.1. The van der Waals surface area contributed by atoms with Crippen molar-refractivity contribution in [2.45, 2.75) is 55.1 Å². The van der Waals surface area contributed by atoms with Gasteiger partial charge in [0.25, 0.3) is 0 Å². The van der Waals surface area contributed by atoms with E-state index in [2.05, 4.69) is 15.3 Å². The molecule has 1 saturated carbocycles. The number of halogens is 3. The highest BCUT2D eigenvalue weighted by Crippen LogP contribution is 2.55. The van der Waals surface area contributed by atoms with Crippen LogP contribution in [0.2, 0.25) is 0 Å². The van der Waals surface area contributed by atoms with Crippen LogP contribution in [0.1, 0.15) is 19.3 Å². The number of alkyl halides is 3. The van der Waals surface area contributed by atoms with Gasteiger partial charge in [0.05, 0.1) is 13.2 Å². The van der Waals surface area contributed by atoms with Crippen LogP contribution in [0.25, 0.3) is 0 Å². The molecule has 4 aliphatic rings. The van der Waals surface area contributed by atoms with Gasteiger partial charge in [0.1, 0.15) is 12.1 Å². The molecule has 14 heteroatoms. The van der Waals surface area contributed by atoms with Crippen molar-refractivity contribution in [3.63, 3.8) is 0 Å². The van der Waals surface area contributed by atoms with E-state index in [0.717, 1.165) is 4.90 Å². The number of hydrogen-bond donors (Lipinski definition) is 6. The molecule has 3 aliphatic heterocycles. The molecule has 0 aromatic heterocycles. The predicted octanol–water partition coefficient (Wildman–Crippen LogP) is -2.70. The summed E-state index contributed by atoms with van der Waals surface area (Å²) in [4.78, 5) is 21.6. The van der Waals surface area contributed by atoms with E-state index in [4.69, 9.17) is 16.2 Å². The summed E-state index contributed by atoms with van der Waals surface area (Å²) in [5.74, 6) is -4.98. The molecule has 1 spiro atoms. The number of guanidine groups is 2. The molecule has 29 heavy (non-hydrogen) atoms. The van der Waals surface area contributed by atoms with Crippen LogP contribution in [0.15, 0.2) is 9.98 Å². The van der Waals surface area contributed by atoms with Gasteiger partial charge < -0.3 is 41.7 Å². The normalized spacial score (nSPS) is 36.9. The number of esters is 1. The number of ether oxygens (including phenoxy) is 1. The molecule has 2 fully saturated rings. The number of rotatable bonds is 3. The maximum Gasteiger partial charge on any atom is 0.404 e. The summed E-state index contributed by atoms with van der Waals surface area (Å²) in [5.41, 5.74) is 6.93. The number of hydrogen-bond acceptors (Lipinski definition) is 11. The van der Waals surface area contributed by atoms with Crippen LogP contribution in [0, 0.1) is 5.41 Å². The van der Waals surface area contributed by atoms with Gasteiger partial charge in [0.15, 0.2) is 29.1 Å². The molecule has 1 saturated heterocycles. The Morgan fingerprint density at radius 3 is 2.48 bits per heavy atom. The fourth-order valence-electron chi connectivity index (χ4n) is 4.55. The summed E-state index contributed by atoms with van der Waals surface area (Å²) in [6, 6.07) is -2.14. The number of nitrogens with zero attached hydrogens (tertiary/aromatic N) is 3. The molecular weight excluding hydrogens is 401 g/mol. The Bertz CT molecular complexity index is 798. The smallest absolute Gasteiger partial charge is 0.404 e. The predicted molar refractivity (Wildman–Crippen MR) is 89.9 cm³/mol. The van der Waals surface area contributed by atoms with E-state index in [1.165, 1.54) is 0 Å². The summed E-state index contributed by atoms with van der Waals surface area (Å²) in [6.45, 7) is -1.02. The van der Waals surface area contributed by atoms with Crippen LogP contribution in [0.4, 0.5) is 13.2 Å². The van der Waals surface area contributed by atoms with Crippen LogP contribution in [-0.2, 0) is 9.53 Å². The number of aliphatic imine (C=N–C) groups is 2. The maximum atomic E-state index is 13.4. The first-order valence-electron chi connectivity index (χ1n) is 8.96. The van der Waals surface area contributed by atoms with Gasteiger partial charge in [-0.25, -0.2) is 9.98 Å². The van der Waals surface area contributed by atoms with Crippen LogP contribution < -0.4 is 16.8 Å². The molecule has 0 bridgehead atoms. The van der Waals surface area contributed by atoms with Crippen molar-refractivity contribution in [2.75, 3.05) is 13.2 Å². The van der Waals surface area contributed by atoms with Crippen molar-refractivity contribution in [2.24, 2.45) is 26.9 Å². The molecule has 11 nitrogen and oxygen atoms in total. The van der Waals surface area contributed by atoms with Crippen molar-refractivity contribution in [3.8, 4) is 0 Å². The first-order chi connectivity index (χ1) is 13.4. The minimum absolute atomic E-state index is 0.199. The van der Waals surface area contributed by atoms with Gasteiger partial charge in [0.2, 0.25) is 5.79 Å². The molecule has 1 aliphatic carbocycles. The molecule has 0 aromatic rings. The van der Waals surface area contributed by atoms with E-state index in [1.807, 2.05) is 0 Å². The number of aliphatic hydroxyl groups is 3. The Labute approximate surface area is 162 Å². The van der Waals surface area contributed by atoms with Crippen LogP contribution in [-0.4, -0.2) is 87.1 Å². The average molecular weight is 422 g/mol. The van der Waals surface area contributed by atoms with Crippen molar-refractivity contribution in [1.29, 1.82) is 0 Å². The topological polar surface area (TPSA) is 179 Å². The molecule has 3 heterocycles. The molecule has 0 radical (unpaired) electrons. The Morgan fingerprint density at radius 2 is 1.97 bits per heavy atom. The van der Waals surface area contributed by atoms with Gasteiger partial charge in [-0.15, -0.1) is 0 Å². The number of nitrogens with one attached hydrogen (secondary N) is 1. The molecule has 4 rings (SSSR count). The molecule has 0 aromatic carbocycles. The highest BCUT2D eigenvalue weighted by atomic mass is 19.4. The van der Waals surface area contributed by atoms with Gasteiger partial charge in [-0.05, 0) is 12.8 Å². The van der Waals surface area contributed by atoms with Gasteiger partial charge in [0, 0.05) is 0 Å². The molecular formula is C15H21F3N6O5. The summed E-state index contributed by atoms with van der Waals surface area (Å²) < 4.78 is 45.3. The Hall–Kier alpha value is -2.32. The lowest BCUT2D eigenvalue weighted by Crippen LogP contribution is -2.77.